The van der Waals surface area contributed by atoms with Crippen molar-refractivity contribution in [1.29, 1.82) is 0 Å². The molecule has 0 bridgehead atoms. The fraction of sp³-hybridized carbons (Fsp3) is 0.640. The van der Waals surface area contributed by atoms with Crippen LogP contribution in [0.1, 0.15) is 85.6 Å². The molecule has 0 spiro atoms. The Hall–Kier alpha value is -1.15. The zero-order chi connectivity index (χ0) is 21.8. The van der Waals surface area contributed by atoms with Crippen LogP contribution in [-0.4, -0.2) is 30.1 Å². The summed E-state index contributed by atoms with van der Waals surface area (Å²) in [7, 11) is 0. The van der Waals surface area contributed by atoms with Crippen LogP contribution in [0.25, 0.3) is 0 Å². The van der Waals surface area contributed by atoms with Crippen LogP contribution >= 0.6 is 0 Å². The topological polar surface area (TPSA) is 38.3 Å². The van der Waals surface area contributed by atoms with E-state index in [1.54, 1.807) is 0 Å². The van der Waals surface area contributed by atoms with Gasteiger partial charge in [-0.2, -0.15) is 0 Å². The molecule has 0 aliphatic rings. The summed E-state index contributed by atoms with van der Waals surface area (Å²) in [4.78, 5) is 12.1. The fourth-order valence-corrected chi connectivity index (χ4v) is 16.6. The summed E-state index contributed by atoms with van der Waals surface area (Å²) < 4.78 is 13.4. The zero-order valence-corrected chi connectivity index (χ0v) is 22.3. The fourth-order valence-electron chi connectivity index (χ4n) is 3.41. The van der Waals surface area contributed by atoms with Gasteiger partial charge in [-0.3, -0.25) is 0 Å². The van der Waals surface area contributed by atoms with Crippen LogP contribution in [0.5, 0.6) is 0 Å². The van der Waals surface area contributed by atoms with E-state index in [-0.39, 0.29) is 0 Å². The molecule has 0 aliphatic heterocycles. The molecule has 1 rings (SSSR count). The van der Waals surface area contributed by atoms with Crippen molar-refractivity contribution < 1.29 is 9.53 Å². The summed E-state index contributed by atoms with van der Waals surface area (Å²) in [5.41, 5.74) is 1.22. The molecule has 1 amide bonds. The van der Waals surface area contributed by atoms with Crippen molar-refractivity contribution in [2.45, 2.75) is 99.0 Å². The SMILES string of the molecule is CCC[CH2][Sn]([C]#Cc1cccc(NC(=O)OC(C)(C)C)c1)([CH2]CCC)[CH2]CCC. The molecular weight excluding hydrogens is 465 g/mol. The first-order valence-electron chi connectivity index (χ1n) is 11.4. The molecule has 0 radical (unpaired) electrons. The number of nitrogens with one attached hydrogen (secondary N) is 1. The second-order valence-corrected chi connectivity index (χ2v) is 21.4. The molecule has 0 saturated carbocycles. The van der Waals surface area contributed by atoms with Crippen molar-refractivity contribution in [3.05, 3.63) is 29.8 Å². The number of ether oxygens (including phenoxy) is 1. The van der Waals surface area contributed by atoms with Crippen LogP contribution in [0.3, 0.4) is 0 Å². The summed E-state index contributed by atoms with van der Waals surface area (Å²) in [5, 5.41) is 2.83. The molecule has 0 saturated heterocycles. The molecule has 1 N–H and O–H groups in total. The van der Waals surface area contributed by atoms with Crippen molar-refractivity contribution in [2.75, 3.05) is 5.32 Å². The van der Waals surface area contributed by atoms with Gasteiger partial charge in [-0.15, -0.1) is 0 Å². The third-order valence-electron chi connectivity index (χ3n) is 5.01. The molecule has 3 nitrogen and oxygen atoms in total. The Morgan fingerprint density at radius 1 is 1.00 bits per heavy atom. The van der Waals surface area contributed by atoms with Gasteiger partial charge in [0.2, 0.25) is 0 Å². The van der Waals surface area contributed by atoms with Gasteiger partial charge in [0.1, 0.15) is 0 Å². The van der Waals surface area contributed by atoms with Gasteiger partial charge < -0.3 is 0 Å². The normalized spacial score (nSPS) is 11.5. The number of carbonyl (C=O) groups excluding carboxylic acids is 1. The Kier molecular flexibility index (Phi) is 11.8. The summed E-state index contributed by atoms with van der Waals surface area (Å²) in [6.45, 7) is 12.5. The van der Waals surface area contributed by atoms with Crippen molar-refractivity contribution in [3.8, 4) is 9.86 Å². The molecule has 0 aliphatic carbocycles. The minimum atomic E-state index is -2.47. The Morgan fingerprint density at radius 3 is 2.03 bits per heavy atom. The second-order valence-electron chi connectivity index (χ2n) is 9.05. The van der Waals surface area contributed by atoms with Gasteiger partial charge in [-0.25, -0.2) is 0 Å². The van der Waals surface area contributed by atoms with E-state index in [0.29, 0.717) is 0 Å². The average molecular weight is 506 g/mol. The van der Waals surface area contributed by atoms with Crippen LogP contribution in [-0.2, 0) is 4.74 Å². The van der Waals surface area contributed by atoms with E-state index >= 15 is 0 Å². The molecular formula is C25H41NO2Sn. The molecule has 0 heterocycles. The number of benzene rings is 1. The van der Waals surface area contributed by atoms with E-state index in [1.807, 2.05) is 45.0 Å². The molecule has 0 fully saturated rings. The van der Waals surface area contributed by atoms with Crippen LogP contribution in [0.15, 0.2) is 24.3 Å². The van der Waals surface area contributed by atoms with Crippen molar-refractivity contribution in [1.82, 2.24) is 0 Å². The average Bonchev–Trinajstić information content (AvgIpc) is 2.65. The minimum absolute atomic E-state index is 0.426. The third-order valence-corrected chi connectivity index (χ3v) is 18.1. The quantitative estimate of drug-likeness (QED) is 0.260. The maximum absolute atomic E-state index is 12.1. The Morgan fingerprint density at radius 2 is 1.55 bits per heavy atom. The van der Waals surface area contributed by atoms with Gasteiger partial charge in [-0.1, -0.05) is 0 Å². The predicted octanol–water partition coefficient (Wildman–Crippen LogP) is 7.77. The first kappa shape index (κ1) is 25.9. The molecule has 0 aromatic heterocycles. The Bertz CT molecular complexity index is 660. The molecule has 1 aromatic rings. The van der Waals surface area contributed by atoms with Crippen LogP contribution in [0.4, 0.5) is 10.5 Å². The maximum atomic E-state index is 12.1. The van der Waals surface area contributed by atoms with Gasteiger partial charge in [0.15, 0.2) is 0 Å². The van der Waals surface area contributed by atoms with Crippen molar-refractivity contribution in [2.24, 2.45) is 0 Å². The number of anilines is 1. The van der Waals surface area contributed by atoms with Gasteiger partial charge in [0.05, 0.1) is 0 Å². The molecule has 29 heavy (non-hydrogen) atoms. The van der Waals surface area contributed by atoms with Crippen molar-refractivity contribution >= 4 is 30.2 Å². The van der Waals surface area contributed by atoms with Gasteiger partial charge in [0, 0.05) is 0 Å². The number of rotatable bonds is 10. The number of amides is 1. The summed E-state index contributed by atoms with van der Waals surface area (Å²) in [6, 6.07) is 7.85. The summed E-state index contributed by atoms with van der Waals surface area (Å²) in [5.74, 6) is 3.53. The van der Waals surface area contributed by atoms with Crippen molar-refractivity contribution in [3.63, 3.8) is 0 Å². The molecule has 162 valence electrons. The van der Waals surface area contributed by atoms with Gasteiger partial charge >= 0.3 is 184 Å². The summed E-state index contributed by atoms with van der Waals surface area (Å²) >= 11 is -2.47. The van der Waals surface area contributed by atoms with Gasteiger partial charge in [0.25, 0.3) is 0 Å². The summed E-state index contributed by atoms with van der Waals surface area (Å²) in [6.07, 6.45) is 7.30. The van der Waals surface area contributed by atoms with E-state index in [1.165, 1.54) is 51.8 Å². The number of carbonyl (C=O) groups is 1. The predicted molar refractivity (Wildman–Crippen MR) is 128 cm³/mol. The molecule has 0 unspecified atom stereocenters. The van der Waals surface area contributed by atoms with Crippen LogP contribution in [0, 0.1) is 9.86 Å². The van der Waals surface area contributed by atoms with Gasteiger partial charge in [-0.05, 0) is 0 Å². The first-order chi connectivity index (χ1) is 13.7. The zero-order valence-electron chi connectivity index (χ0n) is 19.5. The van der Waals surface area contributed by atoms with Crippen LogP contribution < -0.4 is 5.32 Å². The number of hydrogen-bond acceptors (Lipinski definition) is 2. The second kappa shape index (κ2) is 13.2. The van der Waals surface area contributed by atoms with E-state index in [9.17, 15) is 4.79 Å². The Balaban J connectivity index is 3.02. The molecule has 1 aromatic carbocycles. The van der Waals surface area contributed by atoms with E-state index in [0.717, 1.165) is 11.3 Å². The first-order valence-corrected chi connectivity index (χ1v) is 18.8. The molecule has 0 atom stereocenters. The number of hydrogen-bond donors (Lipinski definition) is 1. The monoisotopic (exact) mass is 507 g/mol. The Labute approximate surface area is 183 Å². The van der Waals surface area contributed by atoms with E-state index in [2.05, 4.69) is 35.9 Å². The standard InChI is InChI=1S/C13H14NO2.3C4H9.Sn/c1-5-10-7-6-8-11(9-10)14-12(15)16-13(2,3)4;3*1-3-4-2;/h6-9H,2-4H3,(H,14,15);3*1,3-4H2,2H3;. The number of unbranched alkanes of at least 4 members (excludes halogenated alkanes) is 3. The van der Waals surface area contributed by atoms with Crippen LogP contribution in [0.2, 0.25) is 13.3 Å². The van der Waals surface area contributed by atoms with E-state index < -0.39 is 30.1 Å². The van der Waals surface area contributed by atoms with E-state index in [4.69, 9.17) is 4.74 Å². The molecule has 4 heteroatoms. The third kappa shape index (κ3) is 11.0.